The minimum atomic E-state index is -1.77. The molecule has 1 atom stereocenters. The van der Waals surface area contributed by atoms with Crippen molar-refractivity contribution in [1.82, 2.24) is 4.90 Å². The van der Waals surface area contributed by atoms with Crippen molar-refractivity contribution in [2.24, 2.45) is 5.14 Å². The summed E-state index contributed by atoms with van der Waals surface area (Å²) >= 11 is 0. The molecule has 0 heterocycles. The Morgan fingerprint density at radius 3 is 2.37 bits per heavy atom. The molecule has 0 radical (unpaired) electrons. The number of methoxy groups -OCH3 is 1. The van der Waals surface area contributed by atoms with Crippen molar-refractivity contribution in [2.45, 2.75) is 25.7 Å². The first-order valence-electron chi connectivity index (χ1n) is 6.10. The molecule has 0 aliphatic rings. The van der Waals surface area contributed by atoms with Crippen molar-refractivity contribution in [3.63, 3.8) is 0 Å². The summed E-state index contributed by atoms with van der Waals surface area (Å²) in [7, 11) is -0.305. The van der Waals surface area contributed by atoms with Crippen LogP contribution < -0.4 is 9.88 Å². The number of hydrogen-bond acceptors (Lipinski definition) is 3. The van der Waals surface area contributed by atoms with Gasteiger partial charge in [-0.2, -0.15) is 0 Å². The van der Waals surface area contributed by atoms with E-state index in [9.17, 15) is 9.00 Å². The Morgan fingerprint density at radius 1 is 1.37 bits per heavy atom. The van der Waals surface area contributed by atoms with E-state index in [1.54, 1.807) is 17.0 Å². The van der Waals surface area contributed by atoms with Gasteiger partial charge in [-0.25, -0.2) is 9.35 Å². The number of nitrogens with zero attached hydrogens (tertiary/aromatic N) is 1. The number of rotatable bonds is 5. The van der Waals surface area contributed by atoms with Crippen LogP contribution >= 0.6 is 0 Å². The van der Waals surface area contributed by atoms with Crippen LogP contribution in [0.25, 0.3) is 0 Å². The molecule has 1 unspecified atom stereocenters. The summed E-state index contributed by atoms with van der Waals surface area (Å²) in [4.78, 5) is 14.3. The fourth-order valence-corrected chi connectivity index (χ4v) is 2.64. The molecule has 1 amide bonds. The molecule has 1 aromatic carbocycles. The third-order valence-corrected chi connectivity index (χ3v) is 3.72. The first kappa shape index (κ1) is 15.7. The van der Waals surface area contributed by atoms with E-state index in [1.165, 1.54) is 7.11 Å². The first-order chi connectivity index (χ1) is 8.96. The zero-order valence-electron chi connectivity index (χ0n) is 11.7. The maximum absolute atomic E-state index is 12.4. The monoisotopic (exact) mass is 284 g/mol. The predicted molar refractivity (Wildman–Crippen MR) is 75.6 cm³/mol. The Morgan fingerprint density at radius 2 is 1.95 bits per heavy atom. The maximum Gasteiger partial charge on any atom is 0.255 e. The highest BCUT2D eigenvalue weighted by Crippen LogP contribution is 2.27. The fourth-order valence-electron chi connectivity index (χ4n) is 1.94. The molecular formula is C13H20N2O3S. The highest BCUT2D eigenvalue weighted by Gasteiger charge is 2.22. The molecular weight excluding hydrogens is 264 g/mol. The average molecular weight is 284 g/mol. The molecule has 5 nitrogen and oxygen atoms in total. The molecule has 0 bridgehead atoms. The second-order valence-corrected chi connectivity index (χ2v) is 5.12. The molecule has 0 aromatic heterocycles. The lowest BCUT2D eigenvalue weighted by Crippen LogP contribution is -2.31. The van der Waals surface area contributed by atoms with E-state index in [-0.39, 0.29) is 10.8 Å². The van der Waals surface area contributed by atoms with Crippen molar-refractivity contribution in [1.29, 1.82) is 0 Å². The van der Waals surface area contributed by atoms with Gasteiger partial charge in [0, 0.05) is 13.1 Å². The Balaban J connectivity index is 3.44. The van der Waals surface area contributed by atoms with Gasteiger partial charge in [0.25, 0.3) is 5.91 Å². The van der Waals surface area contributed by atoms with Gasteiger partial charge in [0.15, 0.2) is 0 Å². The lowest BCUT2D eigenvalue weighted by molar-refractivity contribution is 0.0768. The number of ether oxygens (including phenoxy) is 1. The van der Waals surface area contributed by atoms with Crippen molar-refractivity contribution in [3.05, 3.63) is 23.3 Å². The molecule has 1 rings (SSSR count). The van der Waals surface area contributed by atoms with Gasteiger partial charge in [0.05, 0.1) is 12.7 Å². The second-order valence-electron chi connectivity index (χ2n) is 4.12. The van der Waals surface area contributed by atoms with E-state index in [0.29, 0.717) is 24.4 Å². The standard InChI is InChI=1S/C13H20N2O3S/c1-5-15(6-2)13(16)10-7-9(3)8-11(18-4)12(10)19(14)17/h7-8H,5-6,14H2,1-4H3. The quantitative estimate of drug-likeness (QED) is 0.890. The van der Waals surface area contributed by atoms with E-state index in [2.05, 4.69) is 0 Å². The number of carbonyl (C=O) groups is 1. The van der Waals surface area contributed by atoms with E-state index < -0.39 is 11.0 Å². The molecule has 1 aromatic rings. The van der Waals surface area contributed by atoms with Gasteiger partial charge in [-0.05, 0) is 38.5 Å². The van der Waals surface area contributed by atoms with Gasteiger partial charge < -0.3 is 9.64 Å². The fraction of sp³-hybridized carbons (Fsp3) is 0.462. The van der Waals surface area contributed by atoms with Crippen LogP contribution in [0, 0.1) is 6.92 Å². The number of nitrogens with two attached hydrogens (primary N) is 1. The largest absolute Gasteiger partial charge is 0.495 e. The third-order valence-electron chi connectivity index (χ3n) is 2.90. The summed E-state index contributed by atoms with van der Waals surface area (Å²) in [6, 6.07) is 3.42. The Kier molecular flexibility index (Phi) is 5.50. The first-order valence-corrected chi connectivity index (χ1v) is 7.31. The molecule has 2 N–H and O–H groups in total. The lowest BCUT2D eigenvalue weighted by Gasteiger charge is -2.21. The van der Waals surface area contributed by atoms with Gasteiger partial charge in [-0.15, -0.1) is 0 Å². The number of carbonyl (C=O) groups excluding carboxylic acids is 1. The van der Waals surface area contributed by atoms with E-state index >= 15 is 0 Å². The number of aryl methyl sites for hydroxylation is 1. The van der Waals surface area contributed by atoms with E-state index in [4.69, 9.17) is 9.88 Å². The topological polar surface area (TPSA) is 72.6 Å². The molecule has 0 aliphatic heterocycles. The smallest absolute Gasteiger partial charge is 0.255 e. The number of benzene rings is 1. The van der Waals surface area contributed by atoms with Crippen molar-refractivity contribution in [2.75, 3.05) is 20.2 Å². The zero-order chi connectivity index (χ0) is 14.6. The average Bonchev–Trinajstić information content (AvgIpc) is 2.38. The minimum absolute atomic E-state index is 0.180. The molecule has 6 heteroatoms. The maximum atomic E-state index is 12.4. The van der Waals surface area contributed by atoms with Crippen molar-refractivity contribution in [3.8, 4) is 5.75 Å². The van der Waals surface area contributed by atoms with Crippen LogP contribution in [0.15, 0.2) is 17.0 Å². The summed E-state index contributed by atoms with van der Waals surface area (Å²) in [5, 5.41) is 5.48. The summed E-state index contributed by atoms with van der Waals surface area (Å²) in [5.74, 6) is 0.206. The lowest BCUT2D eigenvalue weighted by atomic mass is 10.1. The SMILES string of the molecule is CCN(CC)C(=O)c1cc(C)cc(OC)c1S(N)=O. The summed E-state index contributed by atoms with van der Waals surface area (Å²) in [5.41, 5.74) is 1.21. The van der Waals surface area contributed by atoms with Crippen LogP contribution in [0.1, 0.15) is 29.8 Å². The molecule has 106 valence electrons. The Bertz CT molecular complexity index is 499. The van der Waals surface area contributed by atoms with Crippen LogP contribution in [0.5, 0.6) is 5.75 Å². The minimum Gasteiger partial charge on any atom is -0.495 e. The predicted octanol–water partition coefficient (Wildman–Crippen LogP) is 1.47. The Labute approximate surface area is 116 Å². The van der Waals surface area contributed by atoms with Crippen LogP contribution in [0.4, 0.5) is 0 Å². The van der Waals surface area contributed by atoms with Crippen LogP contribution in [0.2, 0.25) is 0 Å². The molecule has 0 saturated heterocycles. The van der Waals surface area contributed by atoms with Crippen LogP contribution in [0.3, 0.4) is 0 Å². The normalized spacial score (nSPS) is 12.1. The molecule has 0 spiro atoms. The van der Waals surface area contributed by atoms with Gasteiger partial charge in [-0.3, -0.25) is 4.79 Å². The molecule has 0 aliphatic carbocycles. The van der Waals surface area contributed by atoms with Crippen molar-refractivity contribution >= 4 is 16.9 Å². The molecule has 0 saturated carbocycles. The highest BCUT2D eigenvalue weighted by molar-refractivity contribution is 7.82. The Hall–Kier alpha value is -1.40. The summed E-state index contributed by atoms with van der Waals surface area (Å²) < 4.78 is 16.9. The van der Waals surface area contributed by atoms with Gasteiger partial charge >= 0.3 is 0 Å². The zero-order valence-corrected chi connectivity index (χ0v) is 12.5. The van der Waals surface area contributed by atoms with Crippen molar-refractivity contribution < 1.29 is 13.7 Å². The van der Waals surface area contributed by atoms with Crippen LogP contribution in [-0.2, 0) is 11.0 Å². The van der Waals surface area contributed by atoms with E-state index in [0.717, 1.165) is 5.56 Å². The third kappa shape index (κ3) is 3.33. The molecule has 19 heavy (non-hydrogen) atoms. The van der Waals surface area contributed by atoms with Gasteiger partial charge in [0.2, 0.25) is 0 Å². The molecule has 0 fully saturated rings. The number of amides is 1. The van der Waals surface area contributed by atoms with Gasteiger partial charge in [0.1, 0.15) is 21.6 Å². The highest BCUT2D eigenvalue weighted by atomic mass is 32.2. The second kappa shape index (κ2) is 6.68. The summed E-state index contributed by atoms with van der Waals surface area (Å²) in [6.45, 7) is 6.82. The van der Waals surface area contributed by atoms with Crippen LogP contribution in [-0.4, -0.2) is 35.2 Å². The number of hydrogen-bond donors (Lipinski definition) is 1. The van der Waals surface area contributed by atoms with Gasteiger partial charge in [-0.1, -0.05) is 0 Å². The summed E-state index contributed by atoms with van der Waals surface area (Å²) in [6.07, 6.45) is 0. The van der Waals surface area contributed by atoms with E-state index in [1.807, 2.05) is 20.8 Å².